The van der Waals surface area contributed by atoms with Crippen molar-refractivity contribution in [2.24, 2.45) is 0 Å². The van der Waals surface area contributed by atoms with Crippen LogP contribution in [0, 0.1) is 10.1 Å². The zero-order chi connectivity index (χ0) is 22.5. The van der Waals surface area contributed by atoms with Crippen LogP contribution in [0.5, 0.6) is 0 Å². The molecule has 2 aromatic carbocycles. The molecule has 0 atom stereocenters. The van der Waals surface area contributed by atoms with Crippen molar-refractivity contribution in [2.75, 3.05) is 10.6 Å². The first-order valence-corrected chi connectivity index (χ1v) is 10.6. The molecule has 158 valence electrons. The predicted octanol–water partition coefficient (Wildman–Crippen LogP) is 5.69. The molecular weight excluding hydrogens is 492 g/mol. The van der Waals surface area contributed by atoms with Gasteiger partial charge in [-0.15, -0.1) is 0 Å². The molecule has 0 aliphatic heterocycles. The summed E-state index contributed by atoms with van der Waals surface area (Å²) in [5.74, 6) is 0.248. The van der Waals surface area contributed by atoms with E-state index in [4.69, 9.17) is 12.2 Å². The van der Waals surface area contributed by atoms with E-state index in [0.717, 1.165) is 15.6 Å². The van der Waals surface area contributed by atoms with Crippen LogP contribution >= 0.6 is 28.1 Å². The zero-order valence-electron chi connectivity index (χ0n) is 16.4. The van der Waals surface area contributed by atoms with Gasteiger partial charge in [-0.3, -0.25) is 15.1 Å². The highest BCUT2D eigenvalue weighted by atomic mass is 79.9. The van der Waals surface area contributed by atoms with Crippen LogP contribution in [-0.2, 0) is 0 Å². The molecule has 0 unspecified atom stereocenters. The van der Waals surface area contributed by atoms with Gasteiger partial charge >= 0.3 is 0 Å². The first-order valence-electron chi connectivity index (χ1n) is 9.36. The SMILES string of the molecule is O=[N+]([O-])c1ccccc1NC(=S)Nc1nc(-c2ccccc2)cc(-c2cncc(Br)c2)n1. The molecule has 0 saturated heterocycles. The fourth-order valence-corrected chi connectivity index (χ4v) is 3.52. The second kappa shape index (κ2) is 9.58. The van der Waals surface area contributed by atoms with Crippen molar-refractivity contribution in [3.63, 3.8) is 0 Å². The summed E-state index contributed by atoms with van der Waals surface area (Å²) in [4.78, 5) is 24.1. The molecule has 2 aromatic heterocycles. The molecule has 2 N–H and O–H groups in total. The van der Waals surface area contributed by atoms with Gasteiger partial charge in [-0.1, -0.05) is 42.5 Å². The average molecular weight is 507 g/mol. The number of hydrogen-bond donors (Lipinski definition) is 2. The fourth-order valence-electron chi connectivity index (χ4n) is 2.95. The number of benzene rings is 2. The van der Waals surface area contributed by atoms with Gasteiger partial charge in [-0.25, -0.2) is 9.97 Å². The van der Waals surface area contributed by atoms with E-state index < -0.39 is 4.92 Å². The molecular formula is C22H15BrN6O2S. The number of aromatic nitrogens is 3. The van der Waals surface area contributed by atoms with Crippen LogP contribution in [0.4, 0.5) is 17.3 Å². The van der Waals surface area contributed by atoms with Crippen molar-refractivity contribution in [1.29, 1.82) is 0 Å². The van der Waals surface area contributed by atoms with Crippen molar-refractivity contribution in [3.05, 3.63) is 93.7 Å². The summed E-state index contributed by atoms with van der Waals surface area (Å²) >= 11 is 8.79. The number of hydrogen-bond acceptors (Lipinski definition) is 6. The molecule has 0 bridgehead atoms. The van der Waals surface area contributed by atoms with E-state index in [0.29, 0.717) is 11.4 Å². The third kappa shape index (κ3) is 5.10. The van der Waals surface area contributed by atoms with Gasteiger partial charge < -0.3 is 10.6 Å². The smallest absolute Gasteiger partial charge is 0.292 e. The molecule has 8 nitrogen and oxygen atoms in total. The predicted molar refractivity (Wildman–Crippen MR) is 131 cm³/mol. The molecule has 10 heteroatoms. The van der Waals surface area contributed by atoms with Crippen LogP contribution in [0.1, 0.15) is 0 Å². The molecule has 0 aliphatic carbocycles. The molecule has 0 fully saturated rings. The molecule has 0 saturated carbocycles. The highest BCUT2D eigenvalue weighted by Gasteiger charge is 2.15. The zero-order valence-corrected chi connectivity index (χ0v) is 18.8. The summed E-state index contributed by atoms with van der Waals surface area (Å²) in [6.45, 7) is 0. The summed E-state index contributed by atoms with van der Waals surface area (Å²) in [7, 11) is 0. The number of rotatable bonds is 5. The standard InChI is InChI=1S/C22H15BrN6O2S/c23-16-10-15(12-24-13-16)19-11-18(14-6-2-1-3-7-14)25-21(26-19)28-22(32)27-17-8-4-5-9-20(17)29(30)31/h1-13H,(H2,25,26,27,28,32). The molecule has 4 aromatic rings. The van der Waals surface area contributed by atoms with Crippen molar-refractivity contribution in [1.82, 2.24) is 15.0 Å². The highest BCUT2D eigenvalue weighted by molar-refractivity contribution is 9.10. The quantitative estimate of drug-likeness (QED) is 0.202. The molecule has 32 heavy (non-hydrogen) atoms. The number of thiocarbonyl (C=S) groups is 1. The van der Waals surface area contributed by atoms with Gasteiger partial charge in [-0.05, 0) is 46.3 Å². The van der Waals surface area contributed by atoms with Gasteiger partial charge in [0.15, 0.2) is 5.11 Å². The Hall–Kier alpha value is -3.76. The monoisotopic (exact) mass is 506 g/mol. The lowest BCUT2D eigenvalue weighted by atomic mass is 10.1. The molecule has 0 spiro atoms. The summed E-state index contributed by atoms with van der Waals surface area (Å²) in [6, 6.07) is 19.7. The number of halogens is 1. The van der Waals surface area contributed by atoms with Crippen molar-refractivity contribution < 1.29 is 4.92 Å². The maximum atomic E-state index is 11.3. The van der Waals surface area contributed by atoms with Crippen LogP contribution in [0.15, 0.2) is 83.6 Å². The Morgan fingerprint density at radius 2 is 1.59 bits per heavy atom. The Bertz CT molecular complexity index is 1300. The topological polar surface area (TPSA) is 106 Å². The number of nitro benzene ring substituents is 1. The molecule has 2 heterocycles. The first kappa shape index (κ1) is 21.5. The fraction of sp³-hybridized carbons (Fsp3) is 0. The second-order valence-electron chi connectivity index (χ2n) is 6.57. The van der Waals surface area contributed by atoms with Crippen LogP contribution in [0.2, 0.25) is 0 Å². The van der Waals surface area contributed by atoms with Crippen LogP contribution in [0.25, 0.3) is 22.5 Å². The Labute approximate surface area is 197 Å². The third-order valence-electron chi connectivity index (χ3n) is 4.37. The number of nitro groups is 1. The number of para-hydroxylation sites is 2. The lowest BCUT2D eigenvalue weighted by Crippen LogP contribution is -2.21. The summed E-state index contributed by atoms with van der Waals surface area (Å²) in [5, 5.41) is 17.2. The lowest BCUT2D eigenvalue weighted by molar-refractivity contribution is -0.383. The largest absolute Gasteiger partial charge is 0.327 e. The Morgan fingerprint density at radius 3 is 2.31 bits per heavy atom. The number of nitrogens with one attached hydrogen (secondary N) is 2. The summed E-state index contributed by atoms with van der Waals surface area (Å²) in [6.07, 6.45) is 3.39. The molecule has 0 amide bonds. The normalized spacial score (nSPS) is 10.4. The second-order valence-corrected chi connectivity index (χ2v) is 7.90. The van der Waals surface area contributed by atoms with Crippen molar-refractivity contribution in [2.45, 2.75) is 0 Å². The minimum Gasteiger partial charge on any atom is -0.327 e. The van der Waals surface area contributed by atoms with Crippen LogP contribution in [0.3, 0.4) is 0 Å². The van der Waals surface area contributed by atoms with Gasteiger partial charge in [-0.2, -0.15) is 0 Å². The van der Waals surface area contributed by atoms with E-state index in [2.05, 4.69) is 41.5 Å². The maximum Gasteiger partial charge on any atom is 0.292 e. The molecule has 0 aliphatic rings. The summed E-state index contributed by atoms with van der Waals surface area (Å²) in [5.41, 5.74) is 3.21. The van der Waals surface area contributed by atoms with Gasteiger partial charge in [0, 0.05) is 34.1 Å². The minimum atomic E-state index is -0.476. The van der Waals surface area contributed by atoms with Gasteiger partial charge in [0.1, 0.15) is 5.69 Å². The number of anilines is 2. The van der Waals surface area contributed by atoms with Crippen molar-refractivity contribution in [3.8, 4) is 22.5 Å². The maximum absolute atomic E-state index is 11.3. The van der Waals surface area contributed by atoms with E-state index >= 15 is 0 Å². The van der Waals surface area contributed by atoms with Gasteiger partial charge in [0.05, 0.1) is 16.3 Å². The van der Waals surface area contributed by atoms with E-state index in [1.165, 1.54) is 6.07 Å². The van der Waals surface area contributed by atoms with E-state index in [9.17, 15) is 10.1 Å². The Morgan fingerprint density at radius 1 is 0.906 bits per heavy atom. The Kier molecular flexibility index (Phi) is 6.43. The third-order valence-corrected chi connectivity index (χ3v) is 5.01. The van der Waals surface area contributed by atoms with E-state index in [-0.39, 0.29) is 22.4 Å². The van der Waals surface area contributed by atoms with Crippen LogP contribution in [-0.4, -0.2) is 25.0 Å². The molecule has 4 rings (SSSR count). The van der Waals surface area contributed by atoms with E-state index in [1.54, 1.807) is 30.6 Å². The molecule has 0 radical (unpaired) electrons. The van der Waals surface area contributed by atoms with Gasteiger partial charge in [0.2, 0.25) is 5.95 Å². The number of pyridine rings is 1. The van der Waals surface area contributed by atoms with Gasteiger partial charge in [0.25, 0.3) is 5.69 Å². The lowest BCUT2D eigenvalue weighted by Gasteiger charge is -2.12. The minimum absolute atomic E-state index is 0.0866. The first-order chi connectivity index (χ1) is 15.5. The Balaban J connectivity index is 1.68. The average Bonchev–Trinajstić information content (AvgIpc) is 2.79. The van der Waals surface area contributed by atoms with E-state index in [1.807, 2.05) is 42.5 Å². The van der Waals surface area contributed by atoms with Crippen molar-refractivity contribution >= 4 is 50.6 Å². The summed E-state index contributed by atoms with van der Waals surface area (Å²) < 4.78 is 0.818. The number of nitrogens with zero attached hydrogens (tertiary/aromatic N) is 4. The highest BCUT2D eigenvalue weighted by Crippen LogP contribution is 2.27. The van der Waals surface area contributed by atoms with Crippen LogP contribution < -0.4 is 10.6 Å².